The van der Waals surface area contributed by atoms with Crippen molar-refractivity contribution in [2.24, 2.45) is 16.5 Å². The molecule has 4 N–H and O–H groups in total. The Hall–Kier alpha value is -1.38. The highest BCUT2D eigenvalue weighted by atomic mass is 127. The number of hydrogen-bond donors (Lipinski definition) is 2. The van der Waals surface area contributed by atoms with Gasteiger partial charge in [0.15, 0.2) is 5.96 Å². The Morgan fingerprint density at radius 3 is 2.64 bits per heavy atom. The predicted molar refractivity (Wildman–Crippen MR) is 61.3 cm³/mol. The van der Waals surface area contributed by atoms with Crippen LogP contribution >= 0.6 is 22.6 Å². The van der Waals surface area contributed by atoms with Crippen LogP contribution in [0.15, 0.2) is 23.2 Å². The fourth-order valence-corrected chi connectivity index (χ4v) is 1.30. The number of nitrogens with zero attached hydrogens (tertiary/aromatic N) is 2. The Labute approximate surface area is 93.3 Å². The highest BCUT2D eigenvalue weighted by molar-refractivity contribution is 14.1. The van der Waals surface area contributed by atoms with Gasteiger partial charge in [0.25, 0.3) is 5.69 Å². The molecular weight excluding hydrogens is 299 g/mol. The summed E-state index contributed by atoms with van der Waals surface area (Å²) in [4.78, 5) is 13.7. The van der Waals surface area contributed by atoms with Crippen molar-refractivity contribution in [1.82, 2.24) is 0 Å². The van der Waals surface area contributed by atoms with Crippen molar-refractivity contribution in [3.8, 4) is 0 Å². The molecule has 0 aliphatic heterocycles. The molecule has 0 amide bonds. The zero-order valence-electron chi connectivity index (χ0n) is 6.98. The van der Waals surface area contributed by atoms with E-state index in [1.807, 2.05) is 22.6 Å². The van der Waals surface area contributed by atoms with Gasteiger partial charge in [-0.1, -0.05) is 0 Å². The van der Waals surface area contributed by atoms with E-state index in [2.05, 4.69) is 4.99 Å². The molecule has 1 aromatic rings. The fourth-order valence-electron chi connectivity index (χ4n) is 0.839. The molecule has 14 heavy (non-hydrogen) atoms. The van der Waals surface area contributed by atoms with Crippen molar-refractivity contribution in [3.05, 3.63) is 31.9 Å². The summed E-state index contributed by atoms with van der Waals surface area (Å²) in [6, 6.07) is 4.30. The first-order chi connectivity index (χ1) is 6.50. The average molecular weight is 306 g/mol. The third kappa shape index (κ3) is 2.55. The van der Waals surface area contributed by atoms with E-state index >= 15 is 0 Å². The molecule has 6 nitrogen and oxygen atoms in total. The van der Waals surface area contributed by atoms with Crippen LogP contribution in [0.1, 0.15) is 0 Å². The normalized spacial score (nSPS) is 9.50. The van der Waals surface area contributed by atoms with Crippen LogP contribution in [0, 0.1) is 13.7 Å². The Morgan fingerprint density at radius 1 is 1.50 bits per heavy atom. The SMILES string of the molecule is NC(N)=Nc1cc([N+](=O)[O-])ccc1I. The van der Waals surface area contributed by atoms with Gasteiger partial charge in [-0.15, -0.1) is 0 Å². The van der Waals surface area contributed by atoms with E-state index in [0.717, 1.165) is 3.57 Å². The van der Waals surface area contributed by atoms with E-state index in [9.17, 15) is 10.1 Å². The van der Waals surface area contributed by atoms with Crippen LogP contribution in [0.3, 0.4) is 0 Å². The summed E-state index contributed by atoms with van der Waals surface area (Å²) in [5, 5.41) is 10.4. The smallest absolute Gasteiger partial charge is 0.271 e. The quantitative estimate of drug-likeness (QED) is 0.280. The zero-order valence-corrected chi connectivity index (χ0v) is 9.13. The highest BCUT2D eigenvalue weighted by Gasteiger charge is 2.08. The van der Waals surface area contributed by atoms with Gasteiger partial charge in [-0.05, 0) is 28.7 Å². The number of halogens is 1. The minimum atomic E-state index is -0.498. The second kappa shape index (κ2) is 4.22. The molecule has 0 spiro atoms. The number of nitrogens with two attached hydrogens (primary N) is 2. The highest BCUT2D eigenvalue weighted by Crippen LogP contribution is 2.26. The first-order valence-corrected chi connectivity index (χ1v) is 4.62. The molecule has 0 fully saturated rings. The van der Waals surface area contributed by atoms with E-state index in [0.29, 0.717) is 5.69 Å². The van der Waals surface area contributed by atoms with Crippen LogP contribution in [0.25, 0.3) is 0 Å². The number of nitro groups is 1. The second-order valence-electron chi connectivity index (χ2n) is 2.43. The van der Waals surface area contributed by atoms with Gasteiger partial charge < -0.3 is 11.5 Å². The third-order valence-electron chi connectivity index (χ3n) is 1.39. The maximum Gasteiger partial charge on any atom is 0.271 e. The van der Waals surface area contributed by atoms with Gasteiger partial charge in [0.1, 0.15) is 0 Å². The topological polar surface area (TPSA) is 108 Å². The van der Waals surface area contributed by atoms with Crippen LogP contribution in [-0.4, -0.2) is 10.9 Å². The van der Waals surface area contributed by atoms with Gasteiger partial charge in [-0.25, -0.2) is 4.99 Å². The molecule has 7 heteroatoms. The van der Waals surface area contributed by atoms with Gasteiger partial charge in [0.05, 0.1) is 10.6 Å². The lowest BCUT2D eigenvalue weighted by Gasteiger charge is -1.98. The number of non-ortho nitro benzene ring substituents is 1. The van der Waals surface area contributed by atoms with Gasteiger partial charge >= 0.3 is 0 Å². The van der Waals surface area contributed by atoms with Crippen LogP contribution in [0.2, 0.25) is 0 Å². The first-order valence-electron chi connectivity index (χ1n) is 3.54. The largest absolute Gasteiger partial charge is 0.370 e. The number of aliphatic imine (C=N–C) groups is 1. The van der Waals surface area contributed by atoms with E-state index < -0.39 is 4.92 Å². The number of rotatable bonds is 2. The lowest BCUT2D eigenvalue weighted by molar-refractivity contribution is -0.384. The maximum absolute atomic E-state index is 10.4. The third-order valence-corrected chi connectivity index (χ3v) is 2.30. The van der Waals surface area contributed by atoms with Crippen LogP contribution in [0.5, 0.6) is 0 Å². The minimum absolute atomic E-state index is 0.0367. The molecule has 0 radical (unpaired) electrons. The molecule has 0 bridgehead atoms. The summed E-state index contributed by atoms with van der Waals surface area (Å²) in [7, 11) is 0. The predicted octanol–water partition coefficient (Wildman–Crippen LogP) is 1.10. The molecule has 1 rings (SSSR count). The number of hydrogen-bond acceptors (Lipinski definition) is 3. The fraction of sp³-hybridized carbons (Fsp3) is 0. The first kappa shape index (κ1) is 10.7. The standard InChI is InChI=1S/C7H7IN4O2/c8-5-2-1-4(12(13)14)3-6(5)11-7(9)10/h1-3H,(H4,9,10,11). The molecule has 74 valence electrons. The van der Waals surface area contributed by atoms with E-state index in [1.54, 1.807) is 6.07 Å². The Bertz CT molecular complexity index is 401. The van der Waals surface area contributed by atoms with E-state index in [-0.39, 0.29) is 11.6 Å². The maximum atomic E-state index is 10.4. The van der Waals surface area contributed by atoms with Crippen LogP contribution < -0.4 is 11.5 Å². The van der Waals surface area contributed by atoms with Crippen molar-refractivity contribution in [2.45, 2.75) is 0 Å². The molecule has 0 heterocycles. The van der Waals surface area contributed by atoms with Gasteiger partial charge in [-0.2, -0.15) is 0 Å². The monoisotopic (exact) mass is 306 g/mol. The summed E-state index contributed by atoms with van der Waals surface area (Å²) in [6.45, 7) is 0. The summed E-state index contributed by atoms with van der Waals surface area (Å²) in [5.74, 6) is -0.122. The van der Waals surface area contributed by atoms with Crippen molar-refractivity contribution >= 4 is 39.9 Å². The zero-order chi connectivity index (χ0) is 10.7. The summed E-state index contributed by atoms with van der Waals surface area (Å²) in [5.41, 5.74) is 10.7. The molecule has 0 saturated carbocycles. The average Bonchev–Trinajstić information content (AvgIpc) is 2.07. The Kier molecular flexibility index (Phi) is 3.23. The molecule has 0 atom stereocenters. The molecule has 0 aliphatic rings. The minimum Gasteiger partial charge on any atom is -0.370 e. The van der Waals surface area contributed by atoms with Crippen molar-refractivity contribution in [2.75, 3.05) is 0 Å². The molecule has 0 aromatic heterocycles. The Balaban J connectivity index is 3.22. The Morgan fingerprint density at radius 2 is 2.14 bits per heavy atom. The summed E-state index contributed by atoms with van der Waals surface area (Å²) >= 11 is 1.99. The lowest BCUT2D eigenvalue weighted by atomic mass is 10.3. The van der Waals surface area contributed by atoms with Gasteiger partial charge in [0.2, 0.25) is 0 Å². The van der Waals surface area contributed by atoms with Crippen molar-refractivity contribution in [3.63, 3.8) is 0 Å². The van der Waals surface area contributed by atoms with Crippen molar-refractivity contribution < 1.29 is 4.92 Å². The molecule has 0 unspecified atom stereocenters. The summed E-state index contributed by atoms with van der Waals surface area (Å²) < 4.78 is 0.751. The molecular formula is C7H7IN4O2. The van der Waals surface area contributed by atoms with Gasteiger partial charge in [-0.3, -0.25) is 10.1 Å². The molecule has 1 aromatic carbocycles. The number of benzene rings is 1. The van der Waals surface area contributed by atoms with Gasteiger partial charge in [0, 0.05) is 15.7 Å². The van der Waals surface area contributed by atoms with E-state index in [4.69, 9.17) is 11.5 Å². The van der Waals surface area contributed by atoms with E-state index in [1.165, 1.54) is 12.1 Å². The summed E-state index contributed by atoms with van der Waals surface area (Å²) in [6.07, 6.45) is 0. The number of nitro benzene ring substituents is 1. The lowest BCUT2D eigenvalue weighted by Crippen LogP contribution is -2.22. The molecule has 0 aliphatic carbocycles. The second-order valence-corrected chi connectivity index (χ2v) is 3.59. The van der Waals surface area contributed by atoms with Crippen molar-refractivity contribution in [1.29, 1.82) is 0 Å². The molecule has 0 saturated heterocycles. The van der Waals surface area contributed by atoms with Crippen LogP contribution in [0.4, 0.5) is 11.4 Å². The number of guanidine groups is 1. The van der Waals surface area contributed by atoms with Crippen LogP contribution in [-0.2, 0) is 0 Å².